The van der Waals surface area contributed by atoms with E-state index >= 15 is 0 Å². The highest BCUT2D eigenvalue weighted by molar-refractivity contribution is 7.99. The van der Waals surface area contributed by atoms with Gasteiger partial charge in [-0.3, -0.25) is 0 Å². The number of rotatable bonds is 8. The molecular formula is C14H29NS. The average molecular weight is 243 g/mol. The molecule has 0 aromatic rings. The third kappa shape index (κ3) is 6.80. The molecule has 0 saturated heterocycles. The lowest BCUT2D eigenvalue weighted by Crippen LogP contribution is -2.25. The van der Waals surface area contributed by atoms with Gasteiger partial charge in [-0.15, -0.1) is 0 Å². The summed E-state index contributed by atoms with van der Waals surface area (Å²) < 4.78 is 0. The van der Waals surface area contributed by atoms with Gasteiger partial charge in [0, 0.05) is 11.8 Å². The van der Waals surface area contributed by atoms with E-state index in [0.717, 1.165) is 17.1 Å². The van der Waals surface area contributed by atoms with Crippen molar-refractivity contribution in [1.82, 2.24) is 5.32 Å². The van der Waals surface area contributed by atoms with Crippen molar-refractivity contribution in [3.8, 4) is 0 Å². The molecule has 16 heavy (non-hydrogen) atoms. The lowest BCUT2D eigenvalue weighted by molar-refractivity contribution is 0.538. The third-order valence-electron chi connectivity index (χ3n) is 3.42. The highest BCUT2D eigenvalue weighted by Crippen LogP contribution is 2.29. The van der Waals surface area contributed by atoms with E-state index in [-0.39, 0.29) is 0 Å². The zero-order chi connectivity index (χ0) is 11.8. The van der Waals surface area contributed by atoms with E-state index in [4.69, 9.17) is 0 Å². The largest absolute Gasteiger partial charge is 0.316 e. The Morgan fingerprint density at radius 3 is 2.50 bits per heavy atom. The van der Waals surface area contributed by atoms with Crippen LogP contribution in [0.2, 0.25) is 0 Å². The predicted molar refractivity (Wildman–Crippen MR) is 76.2 cm³/mol. The van der Waals surface area contributed by atoms with Crippen molar-refractivity contribution in [2.45, 2.75) is 58.1 Å². The summed E-state index contributed by atoms with van der Waals surface area (Å²) >= 11 is 2.17. The van der Waals surface area contributed by atoms with Crippen molar-refractivity contribution in [2.75, 3.05) is 18.8 Å². The predicted octanol–water partition coefficient (Wildman–Crippen LogP) is 3.93. The van der Waals surface area contributed by atoms with Gasteiger partial charge in [0.2, 0.25) is 0 Å². The molecule has 1 N–H and O–H groups in total. The van der Waals surface area contributed by atoms with Gasteiger partial charge in [0.15, 0.2) is 0 Å². The normalized spacial score (nSPS) is 19.5. The Balaban J connectivity index is 1.91. The van der Waals surface area contributed by atoms with Crippen LogP contribution in [0.5, 0.6) is 0 Å². The molecule has 0 aliphatic heterocycles. The molecule has 1 fully saturated rings. The molecule has 0 heterocycles. The zero-order valence-corrected chi connectivity index (χ0v) is 12.1. The van der Waals surface area contributed by atoms with Crippen LogP contribution >= 0.6 is 11.8 Å². The van der Waals surface area contributed by atoms with E-state index in [1.165, 1.54) is 50.9 Å². The molecule has 1 rings (SSSR count). The van der Waals surface area contributed by atoms with Gasteiger partial charge in [-0.2, -0.15) is 11.8 Å². The monoisotopic (exact) mass is 243 g/mol. The molecular weight excluding hydrogens is 214 g/mol. The minimum atomic E-state index is 0.785. The molecule has 1 saturated carbocycles. The van der Waals surface area contributed by atoms with Crippen molar-refractivity contribution in [1.29, 1.82) is 0 Å². The van der Waals surface area contributed by atoms with Gasteiger partial charge in [-0.1, -0.05) is 33.6 Å². The Bertz CT molecular complexity index is 164. The van der Waals surface area contributed by atoms with E-state index < -0.39 is 0 Å². The van der Waals surface area contributed by atoms with Crippen LogP contribution in [0.25, 0.3) is 0 Å². The van der Waals surface area contributed by atoms with Crippen LogP contribution in [-0.2, 0) is 0 Å². The Labute approximate surface area is 106 Å². The van der Waals surface area contributed by atoms with Crippen LogP contribution in [0.1, 0.15) is 52.9 Å². The maximum absolute atomic E-state index is 3.57. The fourth-order valence-electron chi connectivity index (χ4n) is 2.23. The Kier molecular flexibility index (Phi) is 7.55. The van der Waals surface area contributed by atoms with Crippen molar-refractivity contribution in [3.05, 3.63) is 0 Å². The average Bonchev–Trinajstić information content (AvgIpc) is 2.74. The first-order valence-electron chi connectivity index (χ1n) is 7.00. The number of hydrogen-bond donors (Lipinski definition) is 1. The maximum Gasteiger partial charge on any atom is 0.0144 e. The van der Waals surface area contributed by atoms with Gasteiger partial charge in [0.1, 0.15) is 0 Å². The standard InChI is InChI=1S/C14H29NS/c1-12(2)8-9-15-10-13(3)16-11-14-6-4-5-7-14/h12-15H,4-11H2,1-3H3. The summed E-state index contributed by atoms with van der Waals surface area (Å²) in [6.45, 7) is 9.32. The van der Waals surface area contributed by atoms with Crippen LogP contribution < -0.4 is 5.32 Å². The molecule has 0 bridgehead atoms. The first kappa shape index (κ1) is 14.4. The molecule has 0 aromatic heterocycles. The summed E-state index contributed by atoms with van der Waals surface area (Å²) in [5.74, 6) is 3.25. The summed E-state index contributed by atoms with van der Waals surface area (Å²) in [6, 6.07) is 0. The summed E-state index contributed by atoms with van der Waals surface area (Å²) in [4.78, 5) is 0. The van der Waals surface area contributed by atoms with Gasteiger partial charge in [0.25, 0.3) is 0 Å². The van der Waals surface area contributed by atoms with Gasteiger partial charge in [-0.05, 0) is 43.4 Å². The van der Waals surface area contributed by atoms with E-state index in [0.29, 0.717) is 0 Å². The Hall–Kier alpha value is 0.310. The van der Waals surface area contributed by atoms with Crippen LogP contribution in [0.4, 0.5) is 0 Å². The van der Waals surface area contributed by atoms with E-state index in [2.05, 4.69) is 37.8 Å². The zero-order valence-electron chi connectivity index (χ0n) is 11.3. The van der Waals surface area contributed by atoms with Crippen LogP contribution in [0.3, 0.4) is 0 Å². The van der Waals surface area contributed by atoms with Crippen LogP contribution in [0.15, 0.2) is 0 Å². The lowest BCUT2D eigenvalue weighted by atomic mass is 10.1. The summed E-state index contributed by atoms with van der Waals surface area (Å²) in [5.41, 5.74) is 0. The topological polar surface area (TPSA) is 12.0 Å². The van der Waals surface area contributed by atoms with E-state index in [1.54, 1.807) is 0 Å². The molecule has 0 amide bonds. The van der Waals surface area contributed by atoms with Gasteiger partial charge in [0.05, 0.1) is 0 Å². The molecule has 0 aromatic carbocycles. The molecule has 1 nitrogen and oxygen atoms in total. The number of hydrogen-bond acceptors (Lipinski definition) is 2. The fourth-order valence-corrected chi connectivity index (χ4v) is 3.40. The molecule has 1 unspecified atom stereocenters. The molecule has 0 spiro atoms. The maximum atomic E-state index is 3.57. The minimum absolute atomic E-state index is 0.785. The van der Waals surface area contributed by atoms with Crippen molar-refractivity contribution in [3.63, 3.8) is 0 Å². The quantitative estimate of drug-likeness (QED) is 0.648. The van der Waals surface area contributed by atoms with Gasteiger partial charge >= 0.3 is 0 Å². The van der Waals surface area contributed by atoms with Gasteiger partial charge < -0.3 is 5.32 Å². The summed E-state index contributed by atoms with van der Waals surface area (Å²) in [5, 5.41) is 4.36. The first-order valence-corrected chi connectivity index (χ1v) is 8.05. The Morgan fingerprint density at radius 1 is 1.19 bits per heavy atom. The third-order valence-corrected chi connectivity index (χ3v) is 4.82. The molecule has 1 atom stereocenters. The van der Waals surface area contributed by atoms with Crippen LogP contribution in [0, 0.1) is 11.8 Å². The Morgan fingerprint density at radius 2 is 1.88 bits per heavy atom. The first-order chi connectivity index (χ1) is 7.68. The number of thioether (sulfide) groups is 1. The summed E-state index contributed by atoms with van der Waals surface area (Å²) in [6.07, 6.45) is 7.24. The SMILES string of the molecule is CC(C)CCNCC(C)SCC1CCCC1. The molecule has 1 aliphatic carbocycles. The van der Waals surface area contributed by atoms with E-state index in [1.807, 2.05) is 0 Å². The molecule has 1 aliphatic rings. The minimum Gasteiger partial charge on any atom is -0.316 e. The highest BCUT2D eigenvalue weighted by atomic mass is 32.2. The molecule has 0 radical (unpaired) electrons. The second-order valence-electron chi connectivity index (χ2n) is 5.68. The van der Waals surface area contributed by atoms with Crippen molar-refractivity contribution in [2.24, 2.45) is 11.8 Å². The summed E-state index contributed by atoms with van der Waals surface area (Å²) in [7, 11) is 0. The molecule has 2 heteroatoms. The lowest BCUT2D eigenvalue weighted by Gasteiger charge is -2.15. The fraction of sp³-hybridized carbons (Fsp3) is 1.00. The molecule has 96 valence electrons. The van der Waals surface area contributed by atoms with Crippen LogP contribution in [-0.4, -0.2) is 24.1 Å². The van der Waals surface area contributed by atoms with Crippen molar-refractivity contribution >= 4 is 11.8 Å². The van der Waals surface area contributed by atoms with E-state index in [9.17, 15) is 0 Å². The number of nitrogens with one attached hydrogen (secondary N) is 1. The second kappa shape index (κ2) is 8.41. The highest BCUT2D eigenvalue weighted by Gasteiger charge is 2.15. The second-order valence-corrected chi connectivity index (χ2v) is 7.15. The van der Waals surface area contributed by atoms with Gasteiger partial charge in [-0.25, -0.2) is 0 Å². The van der Waals surface area contributed by atoms with Crippen molar-refractivity contribution < 1.29 is 0 Å². The smallest absolute Gasteiger partial charge is 0.0144 e.